The summed E-state index contributed by atoms with van der Waals surface area (Å²) in [5, 5.41) is 3.06. The Labute approximate surface area is 104 Å². The van der Waals surface area contributed by atoms with Crippen LogP contribution in [0.25, 0.3) is 0 Å². The van der Waals surface area contributed by atoms with E-state index in [9.17, 15) is 4.79 Å². The first kappa shape index (κ1) is 13.5. The first-order valence-electron chi connectivity index (χ1n) is 6.20. The third-order valence-corrected chi connectivity index (χ3v) is 2.74. The van der Waals surface area contributed by atoms with Crippen molar-refractivity contribution in [1.29, 1.82) is 0 Å². The number of carbonyl (C=O) groups excluding carboxylic acids is 1. The van der Waals surface area contributed by atoms with Crippen molar-refractivity contribution in [3.8, 4) is 0 Å². The molecule has 1 unspecified atom stereocenters. The van der Waals surface area contributed by atoms with Crippen molar-refractivity contribution in [3.63, 3.8) is 0 Å². The lowest BCUT2D eigenvalue weighted by Crippen LogP contribution is -2.28. The van der Waals surface area contributed by atoms with Gasteiger partial charge in [0.25, 0.3) is 0 Å². The molecule has 0 aliphatic rings. The van der Waals surface area contributed by atoms with Crippen LogP contribution in [0.1, 0.15) is 45.2 Å². The van der Waals surface area contributed by atoms with Crippen molar-refractivity contribution in [2.75, 3.05) is 0 Å². The smallest absolute Gasteiger partial charge is 0.220 e. The summed E-state index contributed by atoms with van der Waals surface area (Å²) < 4.78 is 0. The normalized spacial score (nSPS) is 13.2. The number of hydrogen-bond donors (Lipinski definition) is 1. The lowest BCUT2D eigenvalue weighted by Gasteiger charge is -2.20. The molecule has 0 bridgehead atoms. The van der Waals surface area contributed by atoms with E-state index in [-0.39, 0.29) is 11.9 Å². The van der Waals surface area contributed by atoms with Crippen molar-refractivity contribution < 1.29 is 4.79 Å². The van der Waals surface area contributed by atoms with Gasteiger partial charge in [-0.25, -0.2) is 0 Å². The van der Waals surface area contributed by atoms with Crippen molar-refractivity contribution in [2.24, 2.45) is 0 Å². The molecule has 0 saturated carbocycles. The monoisotopic (exact) mass is 231 g/mol. The zero-order chi connectivity index (χ0) is 12.7. The molecule has 0 aromatic heterocycles. The van der Waals surface area contributed by atoms with Gasteiger partial charge in [0.2, 0.25) is 5.91 Å². The molecule has 0 fully saturated rings. The van der Waals surface area contributed by atoms with E-state index in [4.69, 9.17) is 0 Å². The highest BCUT2D eigenvalue weighted by Gasteiger charge is 2.14. The van der Waals surface area contributed by atoms with Gasteiger partial charge in [-0.15, -0.1) is 0 Å². The fourth-order valence-corrected chi connectivity index (χ4v) is 1.81. The van der Waals surface area contributed by atoms with Gasteiger partial charge in [-0.2, -0.15) is 0 Å². The summed E-state index contributed by atoms with van der Waals surface area (Å²) in [6, 6.07) is 10.1. The highest BCUT2D eigenvalue weighted by atomic mass is 16.1. The van der Waals surface area contributed by atoms with Gasteiger partial charge in [0, 0.05) is 6.42 Å². The molecular formula is C15H21NO. The molecule has 0 aliphatic heterocycles. The SMILES string of the molecule is CC/C=C(\C)C(NC(=O)CC)c1ccccc1. The third-order valence-electron chi connectivity index (χ3n) is 2.74. The highest BCUT2D eigenvalue weighted by Crippen LogP contribution is 2.21. The molecule has 2 nitrogen and oxygen atoms in total. The molecule has 1 amide bonds. The number of amides is 1. The average Bonchev–Trinajstić information content (AvgIpc) is 2.36. The summed E-state index contributed by atoms with van der Waals surface area (Å²) in [5.74, 6) is 0.0858. The number of rotatable bonds is 5. The first-order valence-corrected chi connectivity index (χ1v) is 6.20. The van der Waals surface area contributed by atoms with Gasteiger partial charge >= 0.3 is 0 Å². The standard InChI is InChI=1S/C15H21NO/c1-4-9-12(3)15(16-14(17)5-2)13-10-7-6-8-11-13/h6-11,15H,4-5H2,1-3H3,(H,16,17)/b12-9+. The Hall–Kier alpha value is -1.57. The molecule has 0 radical (unpaired) electrons. The minimum Gasteiger partial charge on any atom is -0.346 e. The summed E-state index contributed by atoms with van der Waals surface area (Å²) in [5.41, 5.74) is 2.33. The maximum absolute atomic E-state index is 11.6. The quantitative estimate of drug-likeness (QED) is 0.771. The number of allylic oxidation sites excluding steroid dienone is 1. The Morgan fingerprint density at radius 2 is 1.94 bits per heavy atom. The van der Waals surface area contributed by atoms with E-state index in [0.29, 0.717) is 6.42 Å². The fourth-order valence-electron chi connectivity index (χ4n) is 1.81. The Kier molecular flexibility index (Phi) is 5.47. The molecular weight excluding hydrogens is 210 g/mol. The summed E-state index contributed by atoms with van der Waals surface area (Å²) in [7, 11) is 0. The maximum Gasteiger partial charge on any atom is 0.220 e. The minimum atomic E-state index is 0.00333. The van der Waals surface area contributed by atoms with Crippen molar-refractivity contribution in [1.82, 2.24) is 5.32 Å². The van der Waals surface area contributed by atoms with Crippen LogP contribution in [0.5, 0.6) is 0 Å². The Balaban J connectivity index is 2.94. The van der Waals surface area contributed by atoms with Crippen molar-refractivity contribution in [3.05, 3.63) is 47.5 Å². The van der Waals surface area contributed by atoms with Crippen LogP contribution in [-0.4, -0.2) is 5.91 Å². The van der Waals surface area contributed by atoms with E-state index in [1.807, 2.05) is 37.3 Å². The van der Waals surface area contributed by atoms with Gasteiger partial charge < -0.3 is 5.32 Å². The Morgan fingerprint density at radius 3 is 2.47 bits per heavy atom. The largest absolute Gasteiger partial charge is 0.346 e. The van der Waals surface area contributed by atoms with Gasteiger partial charge in [0.1, 0.15) is 0 Å². The van der Waals surface area contributed by atoms with Crippen LogP contribution in [0.3, 0.4) is 0 Å². The predicted molar refractivity (Wildman–Crippen MR) is 71.7 cm³/mol. The van der Waals surface area contributed by atoms with Crippen LogP contribution in [-0.2, 0) is 4.79 Å². The van der Waals surface area contributed by atoms with Crippen LogP contribution < -0.4 is 5.32 Å². The molecule has 1 aromatic carbocycles. The van der Waals surface area contributed by atoms with Crippen molar-refractivity contribution >= 4 is 5.91 Å². The number of benzene rings is 1. The Morgan fingerprint density at radius 1 is 1.29 bits per heavy atom. The highest BCUT2D eigenvalue weighted by molar-refractivity contribution is 5.76. The third kappa shape index (κ3) is 4.06. The van der Waals surface area contributed by atoms with Crippen LogP contribution in [0, 0.1) is 0 Å². The number of nitrogens with one attached hydrogen (secondary N) is 1. The van der Waals surface area contributed by atoms with Crippen molar-refractivity contribution in [2.45, 2.75) is 39.7 Å². The molecule has 2 heteroatoms. The molecule has 0 aliphatic carbocycles. The van der Waals surface area contributed by atoms with Gasteiger partial charge in [-0.3, -0.25) is 4.79 Å². The van der Waals surface area contributed by atoms with Gasteiger partial charge in [0.05, 0.1) is 6.04 Å². The molecule has 1 rings (SSSR count). The zero-order valence-electron chi connectivity index (χ0n) is 10.9. The lowest BCUT2D eigenvalue weighted by molar-refractivity contribution is -0.121. The van der Waals surface area contributed by atoms with E-state index in [1.165, 1.54) is 5.57 Å². The second-order valence-electron chi connectivity index (χ2n) is 4.12. The topological polar surface area (TPSA) is 29.1 Å². The zero-order valence-corrected chi connectivity index (χ0v) is 10.9. The molecule has 1 atom stereocenters. The fraction of sp³-hybridized carbons (Fsp3) is 0.400. The van der Waals surface area contributed by atoms with Gasteiger partial charge in [0.15, 0.2) is 0 Å². The van der Waals surface area contributed by atoms with Gasteiger partial charge in [-0.1, -0.05) is 55.8 Å². The summed E-state index contributed by atoms with van der Waals surface area (Å²) in [6.07, 6.45) is 3.66. The Bertz CT molecular complexity index is 381. The van der Waals surface area contributed by atoms with E-state index in [2.05, 4.69) is 25.2 Å². The van der Waals surface area contributed by atoms with Crippen LogP contribution in [0.15, 0.2) is 42.0 Å². The summed E-state index contributed by atoms with van der Waals surface area (Å²) >= 11 is 0. The minimum absolute atomic E-state index is 0.00333. The van der Waals surface area contributed by atoms with Crippen LogP contribution in [0.2, 0.25) is 0 Å². The van der Waals surface area contributed by atoms with Crippen LogP contribution >= 0.6 is 0 Å². The molecule has 1 N–H and O–H groups in total. The number of carbonyl (C=O) groups is 1. The van der Waals surface area contributed by atoms with E-state index in [0.717, 1.165) is 12.0 Å². The maximum atomic E-state index is 11.6. The molecule has 0 spiro atoms. The molecule has 0 saturated heterocycles. The second-order valence-corrected chi connectivity index (χ2v) is 4.12. The average molecular weight is 231 g/mol. The lowest BCUT2D eigenvalue weighted by atomic mass is 9.99. The van der Waals surface area contributed by atoms with Crippen LogP contribution in [0.4, 0.5) is 0 Å². The number of hydrogen-bond acceptors (Lipinski definition) is 1. The molecule has 0 heterocycles. The first-order chi connectivity index (χ1) is 8.19. The second kappa shape index (κ2) is 6.89. The van der Waals surface area contributed by atoms with E-state index < -0.39 is 0 Å². The molecule has 17 heavy (non-hydrogen) atoms. The predicted octanol–water partition coefficient (Wildman–Crippen LogP) is 3.61. The van der Waals surface area contributed by atoms with Gasteiger partial charge in [-0.05, 0) is 18.9 Å². The summed E-state index contributed by atoms with van der Waals surface area (Å²) in [4.78, 5) is 11.6. The molecule has 92 valence electrons. The molecule has 1 aromatic rings. The van der Waals surface area contributed by atoms with E-state index >= 15 is 0 Å². The summed E-state index contributed by atoms with van der Waals surface area (Å²) in [6.45, 7) is 6.04. The van der Waals surface area contributed by atoms with E-state index in [1.54, 1.807) is 0 Å².